The molecule has 0 aliphatic rings. The fraction of sp³-hybridized carbons (Fsp3) is 0.350. The van der Waals surface area contributed by atoms with Gasteiger partial charge in [0, 0.05) is 24.3 Å². The number of nitrogens with one attached hydrogen (secondary N) is 1. The number of hydrogen-bond acceptors (Lipinski definition) is 3. The first-order chi connectivity index (χ1) is 12.1. The molecule has 0 aliphatic carbocycles. The Balaban J connectivity index is 2.01. The minimum atomic E-state index is 0.281. The summed E-state index contributed by atoms with van der Waals surface area (Å²) in [6, 6.07) is 16.2. The molecule has 0 aliphatic heterocycles. The zero-order chi connectivity index (χ0) is 18.2. The summed E-state index contributed by atoms with van der Waals surface area (Å²) in [5.74, 6) is 1.68. The Morgan fingerprint density at radius 3 is 2.36 bits per heavy atom. The number of thiocarbonyl (C=S) groups is 1. The molecule has 0 fully saturated rings. The summed E-state index contributed by atoms with van der Waals surface area (Å²) in [4.78, 5) is 2.19. The van der Waals surface area contributed by atoms with Crippen LogP contribution < -0.4 is 14.8 Å². The van der Waals surface area contributed by atoms with Crippen molar-refractivity contribution >= 4 is 23.0 Å². The van der Waals surface area contributed by atoms with E-state index in [4.69, 9.17) is 21.7 Å². The number of methoxy groups -OCH3 is 2. The Hall–Kier alpha value is -2.27. The van der Waals surface area contributed by atoms with E-state index in [0.717, 1.165) is 35.3 Å². The lowest BCUT2D eigenvalue weighted by Crippen LogP contribution is -2.42. The summed E-state index contributed by atoms with van der Waals surface area (Å²) in [6.07, 6.45) is 0.914. The SMILES string of the molecule is CCN(C(=S)Nc1cccc(OC)c1)C(C)Cc1ccc(OC)cc1. The average Bonchev–Trinajstić information content (AvgIpc) is 2.63. The molecule has 1 N–H and O–H groups in total. The van der Waals surface area contributed by atoms with Gasteiger partial charge in [-0.3, -0.25) is 0 Å². The van der Waals surface area contributed by atoms with Crippen LogP contribution in [0.1, 0.15) is 19.4 Å². The zero-order valence-electron chi connectivity index (χ0n) is 15.3. The first-order valence-electron chi connectivity index (χ1n) is 8.42. The molecule has 1 unspecified atom stereocenters. The highest BCUT2D eigenvalue weighted by molar-refractivity contribution is 7.80. The van der Waals surface area contributed by atoms with Gasteiger partial charge in [0.05, 0.1) is 14.2 Å². The normalized spacial score (nSPS) is 11.5. The Bertz CT molecular complexity index is 688. The summed E-state index contributed by atoms with van der Waals surface area (Å²) in [6.45, 7) is 5.14. The minimum absolute atomic E-state index is 0.281. The van der Waals surface area contributed by atoms with Gasteiger partial charge in [-0.15, -0.1) is 0 Å². The first-order valence-corrected chi connectivity index (χ1v) is 8.82. The standard InChI is InChI=1S/C20H26N2O2S/c1-5-22(15(2)13-16-9-11-18(23-3)12-10-16)20(25)21-17-7-6-8-19(14-17)24-4/h6-12,14-15H,5,13H2,1-4H3,(H,21,25). The number of rotatable bonds is 7. The van der Waals surface area contributed by atoms with E-state index >= 15 is 0 Å². The lowest BCUT2D eigenvalue weighted by molar-refractivity contribution is 0.347. The molecule has 134 valence electrons. The quantitative estimate of drug-likeness (QED) is 0.744. The van der Waals surface area contributed by atoms with Gasteiger partial charge in [0.2, 0.25) is 0 Å². The van der Waals surface area contributed by atoms with E-state index in [2.05, 4.69) is 36.2 Å². The molecule has 2 aromatic carbocycles. The molecule has 0 saturated carbocycles. The van der Waals surface area contributed by atoms with Gasteiger partial charge < -0.3 is 19.7 Å². The van der Waals surface area contributed by atoms with Gasteiger partial charge in [-0.25, -0.2) is 0 Å². The Labute approximate surface area is 155 Å². The van der Waals surface area contributed by atoms with Crippen LogP contribution >= 0.6 is 12.2 Å². The molecule has 1 atom stereocenters. The second-order valence-electron chi connectivity index (χ2n) is 5.85. The van der Waals surface area contributed by atoms with Crippen molar-refractivity contribution in [1.82, 2.24) is 4.90 Å². The van der Waals surface area contributed by atoms with Crippen molar-refractivity contribution in [3.05, 3.63) is 54.1 Å². The Morgan fingerprint density at radius 2 is 1.76 bits per heavy atom. The summed E-state index contributed by atoms with van der Waals surface area (Å²) in [5.41, 5.74) is 2.19. The van der Waals surface area contributed by atoms with Crippen molar-refractivity contribution in [2.24, 2.45) is 0 Å². The Kier molecular flexibility index (Phi) is 7.07. The zero-order valence-corrected chi connectivity index (χ0v) is 16.1. The van der Waals surface area contributed by atoms with Crippen LogP contribution in [0.3, 0.4) is 0 Å². The van der Waals surface area contributed by atoms with Crippen LogP contribution in [-0.4, -0.2) is 36.8 Å². The molecule has 0 saturated heterocycles. The maximum Gasteiger partial charge on any atom is 0.173 e. The third kappa shape index (κ3) is 5.36. The van der Waals surface area contributed by atoms with Crippen molar-refractivity contribution in [1.29, 1.82) is 0 Å². The van der Waals surface area contributed by atoms with Crippen molar-refractivity contribution < 1.29 is 9.47 Å². The highest BCUT2D eigenvalue weighted by Crippen LogP contribution is 2.19. The van der Waals surface area contributed by atoms with E-state index in [1.165, 1.54) is 5.56 Å². The second kappa shape index (κ2) is 9.28. The van der Waals surface area contributed by atoms with Crippen LogP contribution in [0.25, 0.3) is 0 Å². The Morgan fingerprint density at radius 1 is 1.08 bits per heavy atom. The maximum atomic E-state index is 5.62. The predicted molar refractivity (Wildman–Crippen MR) is 108 cm³/mol. The van der Waals surface area contributed by atoms with Crippen LogP contribution in [0, 0.1) is 0 Å². The van der Waals surface area contributed by atoms with E-state index in [9.17, 15) is 0 Å². The molecule has 0 heterocycles. The monoisotopic (exact) mass is 358 g/mol. The van der Waals surface area contributed by atoms with Crippen molar-refractivity contribution in [3.63, 3.8) is 0 Å². The van der Waals surface area contributed by atoms with Gasteiger partial charge >= 0.3 is 0 Å². The summed E-state index contributed by atoms with van der Waals surface area (Å²) in [7, 11) is 3.34. The number of hydrogen-bond donors (Lipinski definition) is 1. The van der Waals surface area contributed by atoms with Crippen LogP contribution in [0.4, 0.5) is 5.69 Å². The van der Waals surface area contributed by atoms with Crippen molar-refractivity contribution in [3.8, 4) is 11.5 Å². The third-order valence-corrected chi connectivity index (χ3v) is 4.48. The van der Waals surface area contributed by atoms with Crippen LogP contribution in [0.15, 0.2) is 48.5 Å². The van der Waals surface area contributed by atoms with E-state index in [1.807, 2.05) is 36.4 Å². The van der Waals surface area contributed by atoms with Gasteiger partial charge in [0.25, 0.3) is 0 Å². The molecule has 2 rings (SSSR count). The lowest BCUT2D eigenvalue weighted by atomic mass is 10.1. The second-order valence-corrected chi connectivity index (χ2v) is 6.24. The lowest BCUT2D eigenvalue weighted by Gasteiger charge is -2.31. The van der Waals surface area contributed by atoms with Crippen LogP contribution in [0.5, 0.6) is 11.5 Å². The topological polar surface area (TPSA) is 33.7 Å². The smallest absolute Gasteiger partial charge is 0.173 e. The first kappa shape index (κ1) is 19.1. The van der Waals surface area contributed by atoms with E-state index in [0.29, 0.717) is 0 Å². The van der Waals surface area contributed by atoms with Gasteiger partial charge in [-0.05, 0) is 62.3 Å². The van der Waals surface area contributed by atoms with Gasteiger partial charge in [-0.1, -0.05) is 18.2 Å². The molecule has 2 aromatic rings. The van der Waals surface area contributed by atoms with E-state index in [-0.39, 0.29) is 6.04 Å². The van der Waals surface area contributed by atoms with Crippen molar-refractivity contribution in [2.45, 2.75) is 26.3 Å². The largest absolute Gasteiger partial charge is 0.497 e. The predicted octanol–water partition coefficient (Wildman–Crippen LogP) is 4.35. The number of ether oxygens (including phenoxy) is 2. The summed E-state index contributed by atoms with van der Waals surface area (Å²) in [5, 5.41) is 4.03. The van der Waals surface area contributed by atoms with Gasteiger partial charge in [0.1, 0.15) is 11.5 Å². The van der Waals surface area contributed by atoms with Crippen LogP contribution in [0.2, 0.25) is 0 Å². The highest BCUT2D eigenvalue weighted by atomic mass is 32.1. The molecule has 0 radical (unpaired) electrons. The number of benzene rings is 2. The average molecular weight is 359 g/mol. The molecule has 4 nitrogen and oxygen atoms in total. The molecule has 0 spiro atoms. The number of anilines is 1. The molecule has 0 amide bonds. The van der Waals surface area contributed by atoms with Crippen LogP contribution in [-0.2, 0) is 6.42 Å². The van der Waals surface area contributed by atoms with E-state index in [1.54, 1.807) is 14.2 Å². The molecule has 5 heteroatoms. The highest BCUT2D eigenvalue weighted by Gasteiger charge is 2.16. The van der Waals surface area contributed by atoms with Crippen molar-refractivity contribution in [2.75, 3.05) is 26.1 Å². The van der Waals surface area contributed by atoms with Gasteiger partial charge in [-0.2, -0.15) is 0 Å². The van der Waals surface area contributed by atoms with Gasteiger partial charge in [0.15, 0.2) is 5.11 Å². The molecular formula is C20H26N2O2S. The minimum Gasteiger partial charge on any atom is -0.497 e. The molecular weight excluding hydrogens is 332 g/mol. The third-order valence-electron chi connectivity index (χ3n) is 4.14. The van der Waals surface area contributed by atoms with E-state index < -0.39 is 0 Å². The summed E-state index contributed by atoms with van der Waals surface area (Å²) >= 11 is 5.62. The number of likely N-dealkylation sites (N-methyl/N-ethyl adjacent to an activating group) is 1. The fourth-order valence-electron chi connectivity index (χ4n) is 2.76. The molecule has 0 aromatic heterocycles. The molecule has 0 bridgehead atoms. The summed E-state index contributed by atoms with van der Waals surface area (Å²) < 4.78 is 10.5. The molecule has 25 heavy (non-hydrogen) atoms. The number of nitrogens with zero attached hydrogens (tertiary/aromatic N) is 1. The maximum absolute atomic E-state index is 5.62. The fourth-order valence-corrected chi connectivity index (χ4v) is 3.19.